The van der Waals surface area contributed by atoms with Crippen molar-refractivity contribution in [2.45, 2.75) is 13.1 Å². The van der Waals surface area contributed by atoms with Gasteiger partial charge in [0.15, 0.2) is 5.69 Å². The molecule has 4 nitrogen and oxygen atoms in total. The molecule has 0 saturated carbocycles. The molecule has 2 rings (SSSR count). The quantitative estimate of drug-likeness (QED) is 0.754. The molecule has 0 atom stereocenters. The maximum atomic E-state index is 12.5. The second-order valence-corrected chi connectivity index (χ2v) is 3.24. The van der Waals surface area contributed by atoms with E-state index in [2.05, 4.69) is 9.97 Å². The molecule has 0 aliphatic heterocycles. The van der Waals surface area contributed by atoms with Gasteiger partial charge < -0.3 is 4.74 Å². The molecule has 0 saturated heterocycles. The first-order valence-electron chi connectivity index (χ1n) is 4.40. The van der Waals surface area contributed by atoms with Crippen LogP contribution in [-0.2, 0) is 6.18 Å². The number of halogens is 3. The van der Waals surface area contributed by atoms with E-state index in [-0.39, 0.29) is 11.7 Å². The molecule has 16 heavy (non-hydrogen) atoms. The van der Waals surface area contributed by atoms with Gasteiger partial charge in [-0.3, -0.25) is 4.40 Å². The molecule has 0 aromatic carbocycles. The second-order valence-electron chi connectivity index (χ2n) is 3.24. The molecule has 0 N–H and O–H groups in total. The summed E-state index contributed by atoms with van der Waals surface area (Å²) in [4.78, 5) is 7.32. The van der Waals surface area contributed by atoms with Crippen molar-refractivity contribution in [2.75, 3.05) is 7.11 Å². The predicted molar refractivity (Wildman–Crippen MR) is 49.3 cm³/mol. The molecule has 7 heteroatoms. The number of aromatic nitrogens is 3. The topological polar surface area (TPSA) is 39.4 Å². The number of alkyl halides is 3. The molecule has 0 aliphatic rings. The number of imidazole rings is 1. The fraction of sp³-hybridized carbons (Fsp3) is 0.333. The summed E-state index contributed by atoms with van der Waals surface area (Å²) in [5.41, 5.74) is -0.251. The zero-order chi connectivity index (χ0) is 11.9. The van der Waals surface area contributed by atoms with E-state index in [0.29, 0.717) is 5.69 Å². The maximum absolute atomic E-state index is 12.5. The van der Waals surface area contributed by atoms with Crippen molar-refractivity contribution in [3.63, 3.8) is 0 Å². The van der Waals surface area contributed by atoms with Crippen LogP contribution in [0.4, 0.5) is 13.2 Å². The van der Waals surface area contributed by atoms with Gasteiger partial charge in [-0.2, -0.15) is 18.2 Å². The van der Waals surface area contributed by atoms with Gasteiger partial charge in [-0.1, -0.05) is 0 Å². The second kappa shape index (κ2) is 3.36. The largest absolute Gasteiger partial charge is 0.468 e. The van der Waals surface area contributed by atoms with Gasteiger partial charge in [0.25, 0.3) is 0 Å². The van der Waals surface area contributed by atoms with E-state index in [1.807, 2.05) is 0 Å². The lowest BCUT2D eigenvalue weighted by Gasteiger charge is -2.08. The van der Waals surface area contributed by atoms with Gasteiger partial charge in [0.05, 0.1) is 12.8 Å². The Morgan fingerprint density at radius 2 is 2.00 bits per heavy atom. The summed E-state index contributed by atoms with van der Waals surface area (Å²) in [7, 11) is 1.26. The third-order valence-corrected chi connectivity index (χ3v) is 2.01. The van der Waals surface area contributed by atoms with Crippen molar-refractivity contribution >= 4 is 5.65 Å². The smallest absolute Gasteiger partial charge is 0.433 e. The Kier molecular flexibility index (Phi) is 2.25. The number of ether oxygens (including phenoxy) is 1. The monoisotopic (exact) mass is 231 g/mol. The summed E-state index contributed by atoms with van der Waals surface area (Å²) in [5, 5.41) is 0. The van der Waals surface area contributed by atoms with Crippen LogP contribution < -0.4 is 4.74 Å². The molecular formula is C9H8F3N3O. The van der Waals surface area contributed by atoms with Gasteiger partial charge in [0, 0.05) is 12.3 Å². The lowest BCUT2D eigenvalue weighted by molar-refractivity contribution is -0.141. The van der Waals surface area contributed by atoms with Gasteiger partial charge >= 0.3 is 12.2 Å². The van der Waals surface area contributed by atoms with E-state index in [1.165, 1.54) is 11.5 Å². The Labute approximate surface area is 88.7 Å². The first-order valence-corrected chi connectivity index (χ1v) is 4.40. The standard InChI is InChI=1S/C9H8F3N3O/c1-5-4-15-7(13-5)3-6(9(10,11)12)14-8(15)16-2/h3-4H,1-2H3. The number of hydrogen-bond donors (Lipinski definition) is 0. The Morgan fingerprint density at radius 1 is 1.31 bits per heavy atom. The van der Waals surface area contributed by atoms with Gasteiger partial charge in [-0.25, -0.2) is 4.98 Å². The Morgan fingerprint density at radius 3 is 2.56 bits per heavy atom. The first-order chi connectivity index (χ1) is 7.41. The summed E-state index contributed by atoms with van der Waals surface area (Å²) in [6.07, 6.45) is -2.95. The van der Waals surface area contributed by atoms with E-state index in [4.69, 9.17) is 4.74 Å². The third kappa shape index (κ3) is 1.68. The van der Waals surface area contributed by atoms with Crippen molar-refractivity contribution in [2.24, 2.45) is 0 Å². The molecule has 2 heterocycles. The number of nitrogens with zero attached hydrogens (tertiary/aromatic N) is 3. The number of fused-ring (bicyclic) bond motifs is 1. The average Bonchev–Trinajstić information content (AvgIpc) is 2.54. The van der Waals surface area contributed by atoms with Gasteiger partial charge in [-0.05, 0) is 6.92 Å². The highest BCUT2D eigenvalue weighted by molar-refractivity contribution is 5.43. The Bertz CT molecular complexity index is 533. The lowest BCUT2D eigenvalue weighted by Crippen LogP contribution is -2.10. The lowest BCUT2D eigenvalue weighted by atomic mass is 10.4. The van der Waals surface area contributed by atoms with Crippen LogP contribution in [0.25, 0.3) is 5.65 Å². The highest BCUT2D eigenvalue weighted by Gasteiger charge is 2.34. The van der Waals surface area contributed by atoms with Crippen LogP contribution in [0.15, 0.2) is 12.3 Å². The minimum Gasteiger partial charge on any atom is -0.468 e. The van der Waals surface area contributed by atoms with Gasteiger partial charge in [-0.15, -0.1) is 0 Å². The molecule has 0 bridgehead atoms. The van der Waals surface area contributed by atoms with E-state index in [9.17, 15) is 13.2 Å². The van der Waals surface area contributed by atoms with Crippen LogP contribution in [0.5, 0.6) is 6.01 Å². The summed E-state index contributed by atoms with van der Waals surface area (Å²) < 4.78 is 43.6. The molecule has 0 spiro atoms. The average molecular weight is 231 g/mol. The normalized spacial score (nSPS) is 12.1. The van der Waals surface area contributed by atoms with Crippen LogP contribution in [0.1, 0.15) is 11.4 Å². The molecule has 0 amide bonds. The van der Waals surface area contributed by atoms with Gasteiger partial charge in [0.2, 0.25) is 0 Å². The molecule has 2 aromatic rings. The third-order valence-electron chi connectivity index (χ3n) is 2.01. The molecule has 2 aromatic heterocycles. The maximum Gasteiger partial charge on any atom is 0.433 e. The van der Waals surface area contributed by atoms with Crippen LogP contribution in [0.3, 0.4) is 0 Å². The van der Waals surface area contributed by atoms with E-state index in [1.54, 1.807) is 13.1 Å². The van der Waals surface area contributed by atoms with Gasteiger partial charge in [0.1, 0.15) is 5.65 Å². The summed E-state index contributed by atoms with van der Waals surface area (Å²) >= 11 is 0. The number of hydrogen-bond acceptors (Lipinski definition) is 3. The van der Waals surface area contributed by atoms with E-state index < -0.39 is 11.9 Å². The Hall–Kier alpha value is -1.79. The van der Waals surface area contributed by atoms with Crippen LogP contribution in [-0.4, -0.2) is 21.5 Å². The molecular weight excluding hydrogens is 223 g/mol. The molecule has 0 radical (unpaired) electrons. The number of rotatable bonds is 1. The zero-order valence-electron chi connectivity index (χ0n) is 8.54. The van der Waals surface area contributed by atoms with E-state index >= 15 is 0 Å². The minimum atomic E-state index is -4.51. The zero-order valence-corrected chi connectivity index (χ0v) is 8.54. The van der Waals surface area contributed by atoms with Crippen LogP contribution in [0, 0.1) is 6.92 Å². The molecule has 0 unspecified atom stereocenters. The van der Waals surface area contributed by atoms with Crippen molar-refractivity contribution in [1.82, 2.24) is 14.4 Å². The molecule has 86 valence electrons. The Balaban J connectivity index is 2.72. The van der Waals surface area contributed by atoms with Crippen molar-refractivity contribution < 1.29 is 17.9 Å². The fourth-order valence-corrected chi connectivity index (χ4v) is 1.37. The SMILES string of the molecule is COc1nc(C(F)(F)F)cc2nc(C)cn12. The highest BCUT2D eigenvalue weighted by atomic mass is 19.4. The van der Waals surface area contributed by atoms with Crippen molar-refractivity contribution in [3.05, 3.63) is 23.7 Å². The van der Waals surface area contributed by atoms with Crippen molar-refractivity contribution in [3.8, 4) is 6.01 Å². The number of methoxy groups -OCH3 is 1. The molecule has 0 fully saturated rings. The van der Waals surface area contributed by atoms with Crippen molar-refractivity contribution in [1.29, 1.82) is 0 Å². The van der Waals surface area contributed by atoms with E-state index in [0.717, 1.165) is 6.07 Å². The van der Waals surface area contributed by atoms with Crippen LogP contribution >= 0.6 is 0 Å². The summed E-state index contributed by atoms with van der Waals surface area (Å²) in [5.74, 6) is 0. The number of aryl methyl sites for hydroxylation is 1. The van der Waals surface area contributed by atoms with Crippen LogP contribution in [0.2, 0.25) is 0 Å². The first kappa shape index (κ1) is 10.7. The summed E-state index contributed by atoms with van der Waals surface area (Å²) in [6.45, 7) is 1.68. The summed E-state index contributed by atoms with van der Waals surface area (Å²) in [6, 6.07) is 0.751. The predicted octanol–water partition coefficient (Wildman–Crippen LogP) is 2.07. The fourth-order valence-electron chi connectivity index (χ4n) is 1.37. The molecule has 0 aliphatic carbocycles. The minimum absolute atomic E-state index is 0.134. The highest BCUT2D eigenvalue weighted by Crippen LogP contribution is 2.30.